The van der Waals surface area contributed by atoms with E-state index in [1.807, 2.05) is 24.3 Å². The summed E-state index contributed by atoms with van der Waals surface area (Å²) in [6.45, 7) is 11.7. The standard InChI is InChI=1S/C33H48N8O7/c1-6-38(25-13-9-24(10-14-25)35-31(45)46)21-23-7-11-26(12-8-23)41-16-15-27(37-30(41)44)36-29(43)40-19-17-39(18-20-40)28(42)22(2)34-32(47)48-33(3,4)5/h7-8,11-12,15-16,22,24-25,35H,6,9-10,13-14,17-21H2,1-5H3,(H,34,47)(H,45,46)(H,36,37,43,44)/t22-,24?,25?/m0/s1. The molecule has 0 bridgehead atoms. The number of aromatic nitrogens is 2. The fraction of sp³-hybridized carbons (Fsp3) is 0.576. The Morgan fingerprint density at radius 2 is 1.62 bits per heavy atom. The number of ether oxygens (including phenoxy) is 1. The fourth-order valence-electron chi connectivity index (χ4n) is 6.06. The van der Waals surface area contributed by atoms with Crippen LogP contribution in [0.25, 0.3) is 5.69 Å². The number of carboxylic acid groups (broad SMARTS) is 1. The molecule has 1 aliphatic carbocycles. The maximum Gasteiger partial charge on any atom is 0.408 e. The van der Waals surface area contributed by atoms with Crippen LogP contribution in [0.1, 0.15) is 65.9 Å². The zero-order valence-corrected chi connectivity index (χ0v) is 28.4. The molecule has 1 aromatic carbocycles. The third-order valence-corrected chi connectivity index (χ3v) is 8.57. The van der Waals surface area contributed by atoms with Gasteiger partial charge in [0.2, 0.25) is 5.91 Å². The molecule has 2 aromatic rings. The first-order valence-electron chi connectivity index (χ1n) is 16.5. The van der Waals surface area contributed by atoms with Gasteiger partial charge in [0.25, 0.3) is 0 Å². The van der Waals surface area contributed by atoms with Gasteiger partial charge in [0.05, 0.1) is 5.69 Å². The Balaban J connectivity index is 1.26. The van der Waals surface area contributed by atoms with E-state index in [1.165, 1.54) is 4.57 Å². The number of piperazine rings is 1. The van der Waals surface area contributed by atoms with Crippen LogP contribution < -0.4 is 21.6 Å². The summed E-state index contributed by atoms with van der Waals surface area (Å²) in [6.07, 6.45) is 3.45. The summed E-state index contributed by atoms with van der Waals surface area (Å²) in [5, 5.41) is 16.8. The molecule has 2 heterocycles. The highest BCUT2D eigenvalue weighted by Gasteiger charge is 2.29. The van der Waals surface area contributed by atoms with E-state index < -0.39 is 35.6 Å². The van der Waals surface area contributed by atoms with E-state index in [2.05, 4.69) is 32.8 Å². The summed E-state index contributed by atoms with van der Waals surface area (Å²) in [5.41, 5.74) is 0.534. The van der Waals surface area contributed by atoms with Gasteiger partial charge in [0.15, 0.2) is 0 Å². The minimum atomic E-state index is -0.969. The molecule has 2 aliphatic rings. The monoisotopic (exact) mass is 668 g/mol. The van der Waals surface area contributed by atoms with Crippen LogP contribution >= 0.6 is 0 Å². The topological polar surface area (TPSA) is 178 Å². The summed E-state index contributed by atoms with van der Waals surface area (Å²) in [6, 6.07) is 8.45. The van der Waals surface area contributed by atoms with Gasteiger partial charge in [0, 0.05) is 51.0 Å². The maximum atomic E-state index is 12.9. The SMILES string of the molecule is CCN(Cc1ccc(-n2ccc(NC(=O)N3CCN(C(=O)[C@H](C)NC(=O)OC(C)(C)C)CC3)nc2=O)cc1)C1CCC(NC(=O)O)CC1. The van der Waals surface area contributed by atoms with Crippen molar-refractivity contribution in [3.05, 3.63) is 52.6 Å². The quantitative estimate of drug-likeness (QED) is 0.312. The summed E-state index contributed by atoms with van der Waals surface area (Å²) in [5.74, 6) is -0.144. The molecule has 1 saturated carbocycles. The van der Waals surface area contributed by atoms with Crippen LogP contribution in [-0.4, -0.2) is 110 Å². The number of alkyl carbamates (subject to hydrolysis) is 1. The molecule has 5 amide bonds. The average molecular weight is 669 g/mol. The van der Waals surface area contributed by atoms with Crippen molar-refractivity contribution in [1.29, 1.82) is 0 Å². The highest BCUT2D eigenvalue weighted by atomic mass is 16.6. The molecule has 15 nitrogen and oxygen atoms in total. The van der Waals surface area contributed by atoms with Gasteiger partial charge >= 0.3 is 23.9 Å². The predicted octanol–water partition coefficient (Wildman–Crippen LogP) is 3.22. The molecule has 4 N–H and O–H groups in total. The van der Waals surface area contributed by atoms with Gasteiger partial charge in [-0.05, 0) is 83.7 Å². The molecule has 0 radical (unpaired) electrons. The lowest BCUT2D eigenvalue weighted by Crippen LogP contribution is -2.56. The van der Waals surface area contributed by atoms with Gasteiger partial charge in [-0.1, -0.05) is 19.1 Å². The molecule has 1 atom stereocenters. The number of urea groups is 1. The molecule has 4 rings (SSSR count). The zero-order chi connectivity index (χ0) is 35.0. The smallest absolute Gasteiger partial charge is 0.408 e. The first kappa shape index (κ1) is 36.2. The fourth-order valence-corrected chi connectivity index (χ4v) is 6.06. The van der Waals surface area contributed by atoms with Crippen LogP contribution in [0.4, 0.5) is 20.2 Å². The number of hydrogen-bond acceptors (Lipinski definition) is 8. The molecule has 0 unspecified atom stereocenters. The Morgan fingerprint density at radius 3 is 2.19 bits per heavy atom. The van der Waals surface area contributed by atoms with E-state index in [0.717, 1.165) is 44.3 Å². The number of carbonyl (C=O) groups excluding carboxylic acids is 3. The molecular formula is C33H48N8O7. The molecule has 0 spiro atoms. The van der Waals surface area contributed by atoms with Gasteiger partial charge in [-0.2, -0.15) is 4.98 Å². The second-order valence-electron chi connectivity index (χ2n) is 13.3. The summed E-state index contributed by atoms with van der Waals surface area (Å²) in [7, 11) is 0. The van der Waals surface area contributed by atoms with Crippen LogP contribution in [0.5, 0.6) is 0 Å². The minimum Gasteiger partial charge on any atom is -0.465 e. The van der Waals surface area contributed by atoms with E-state index in [1.54, 1.807) is 49.8 Å². The first-order valence-corrected chi connectivity index (χ1v) is 16.5. The van der Waals surface area contributed by atoms with Crippen molar-refractivity contribution in [1.82, 2.24) is 34.9 Å². The minimum absolute atomic E-state index is 0.0163. The number of hydrogen-bond donors (Lipinski definition) is 4. The lowest BCUT2D eigenvalue weighted by atomic mass is 9.90. The van der Waals surface area contributed by atoms with Crippen LogP contribution in [0.2, 0.25) is 0 Å². The summed E-state index contributed by atoms with van der Waals surface area (Å²) < 4.78 is 6.62. The van der Waals surface area contributed by atoms with Gasteiger partial charge in [-0.25, -0.2) is 19.2 Å². The predicted molar refractivity (Wildman–Crippen MR) is 179 cm³/mol. The van der Waals surface area contributed by atoms with Gasteiger partial charge in [-0.3, -0.25) is 19.6 Å². The molecule has 1 aliphatic heterocycles. The van der Waals surface area contributed by atoms with Crippen LogP contribution in [0, 0.1) is 0 Å². The van der Waals surface area contributed by atoms with E-state index in [0.29, 0.717) is 24.8 Å². The van der Waals surface area contributed by atoms with E-state index in [4.69, 9.17) is 9.84 Å². The molecule has 262 valence electrons. The van der Waals surface area contributed by atoms with Crippen molar-refractivity contribution in [2.45, 2.75) is 90.6 Å². The van der Waals surface area contributed by atoms with Gasteiger partial charge in [-0.15, -0.1) is 0 Å². The van der Waals surface area contributed by atoms with Crippen LogP contribution in [0.3, 0.4) is 0 Å². The third-order valence-electron chi connectivity index (χ3n) is 8.57. The Hall–Kier alpha value is -4.66. The van der Waals surface area contributed by atoms with Crippen molar-refractivity contribution in [2.75, 3.05) is 38.0 Å². The lowest BCUT2D eigenvalue weighted by Gasteiger charge is -2.36. The highest BCUT2D eigenvalue weighted by molar-refractivity contribution is 5.89. The molecule has 15 heteroatoms. The number of nitrogens with one attached hydrogen (secondary N) is 3. The number of amides is 5. The largest absolute Gasteiger partial charge is 0.465 e. The Kier molecular flexibility index (Phi) is 12.0. The zero-order valence-electron chi connectivity index (χ0n) is 28.4. The Labute approximate surface area is 280 Å². The molecule has 1 saturated heterocycles. The van der Waals surface area contributed by atoms with Crippen LogP contribution in [0.15, 0.2) is 41.3 Å². The van der Waals surface area contributed by atoms with Crippen molar-refractivity contribution in [2.24, 2.45) is 0 Å². The normalized spacial score (nSPS) is 19.0. The van der Waals surface area contributed by atoms with E-state index in [-0.39, 0.29) is 30.9 Å². The van der Waals surface area contributed by atoms with Gasteiger partial charge in [0.1, 0.15) is 17.5 Å². The van der Waals surface area contributed by atoms with Crippen molar-refractivity contribution >= 4 is 29.9 Å². The first-order chi connectivity index (χ1) is 22.7. The number of nitrogens with zero attached hydrogens (tertiary/aromatic N) is 5. The van der Waals surface area contributed by atoms with E-state index >= 15 is 0 Å². The number of benzene rings is 1. The van der Waals surface area contributed by atoms with Crippen molar-refractivity contribution in [3.63, 3.8) is 0 Å². The number of anilines is 1. The molecule has 48 heavy (non-hydrogen) atoms. The average Bonchev–Trinajstić information content (AvgIpc) is 3.03. The highest BCUT2D eigenvalue weighted by Crippen LogP contribution is 2.25. The van der Waals surface area contributed by atoms with Gasteiger partial charge < -0.3 is 30.3 Å². The Bertz CT molecular complexity index is 1490. The van der Waals surface area contributed by atoms with Crippen molar-refractivity contribution < 1.29 is 29.0 Å². The molecular weight excluding hydrogens is 620 g/mol. The van der Waals surface area contributed by atoms with Crippen LogP contribution in [-0.2, 0) is 16.1 Å². The summed E-state index contributed by atoms with van der Waals surface area (Å²) in [4.78, 5) is 71.2. The maximum absolute atomic E-state index is 12.9. The molecule has 2 fully saturated rings. The lowest BCUT2D eigenvalue weighted by molar-refractivity contribution is -0.134. The third kappa shape index (κ3) is 10.2. The second kappa shape index (κ2) is 16.0. The Morgan fingerprint density at radius 1 is 1.00 bits per heavy atom. The van der Waals surface area contributed by atoms with E-state index in [9.17, 15) is 24.0 Å². The number of carbonyl (C=O) groups is 4. The molecule has 1 aromatic heterocycles. The number of rotatable bonds is 9. The van der Waals surface area contributed by atoms with Crippen molar-refractivity contribution in [3.8, 4) is 5.69 Å². The summed E-state index contributed by atoms with van der Waals surface area (Å²) >= 11 is 0. The second-order valence-corrected chi connectivity index (χ2v) is 13.3.